The molecule has 0 saturated carbocycles. The van der Waals surface area contributed by atoms with Gasteiger partial charge in [0.15, 0.2) is 0 Å². The number of aliphatic hydroxyl groups is 2. The second-order valence-corrected chi connectivity index (χ2v) is 21.1. The Labute approximate surface area is 546 Å². The molecule has 6 aromatic rings. The van der Waals surface area contributed by atoms with E-state index in [9.17, 15) is 71.7 Å². The number of amides is 2. The molecule has 2 aromatic heterocycles. The molecule has 0 atom stereocenters. The van der Waals surface area contributed by atoms with E-state index in [1.54, 1.807) is 0 Å². The molecule has 30 nitrogen and oxygen atoms in total. The third kappa shape index (κ3) is 21.6. The van der Waals surface area contributed by atoms with Crippen LogP contribution in [0.5, 0.6) is 0 Å². The largest absolute Gasteiger partial charge is 1.00 e. The van der Waals surface area contributed by atoms with Gasteiger partial charge in [-0.25, -0.2) is 33.7 Å². The van der Waals surface area contributed by atoms with Crippen molar-refractivity contribution in [2.24, 2.45) is 11.5 Å². The summed E-state index contributed by atoms with van der Waals surface area (Å²) in [5.74, 6) is -2.76. The summed E-state index contributed by atoms with van der Waals surface area (Å²) in [6.07, 6.45) is 1.67. The number of anilines is 10. The summed E-state index contributed by atoms with van der Waals surface area (Å²) in [4.78, 5) is 48.9. The Kier molecular flexibility index (Phi) is 28.4. The van der Waals surface area contributed by atoms with E-state index in [-0.39, 0.29) is 227 Å². The van der Waals surface area contributed by atoms with Crippen LogP contribution in [0.15, 0.2) is 105 Å². The molecule has 4 aromatic carbocycles. The minimum atomic E-state index is -5.34. The van der Waals surface area contributed by atoms with Crippen LogP contribution in [0.2, 0.25) is 0 Å². The predicted molar refractivity (Wildman–Crippen MR) is 266 cm³/mol. The Hall–Kier alpha value is -4.06. The number of carbonyl (C=O) groups is 2. The van der Waals surface area contributed by atoms with Crippen molar-refractivity contribution in [3.63, 3.8) is 0 Å². The van der Waals surface area contributed by atoms with Gasteiger partial charge in [0, 0.05) is 61.8 Å². The molecule has 0 aliphatic rings. The second kappa shape index (κ2) is 31.6. The SMILES string of the molecule is NC(=O)CCN(CCO)c1nc(Nc2ccc(S(=O)(=O)[O-])cc2)nc(Nc2ccc(/C=C/c3ccc(Nc4nc(Nc5ccc(S(=O)(=O)[O-])cc5)nc(N(CCO)CCC(N)=O)n4)cc3S(=O)(=O)[O-])c(S(=O)(=O)[O-])c2)n1.[Na+].[Na+].[Na+].[Na+]. The molecule has 0 radical (unpaired) electrons. The van der Waals surface area contributed by atoms with E-state index in [1.165, 1.54) is 46.2 Å². The molecule has 10 N–H and O–H groups in total. The molecular weight excluding hydrogens is 1180 g/mol. The van der Waals surface area contributed by atoms with Crippen molar-refractivity contribution in [3.8, 4) is 0 Å². The maximum atomic E-state index is 12.7. The van der Waals surface area contributed by atoms with E-state index in [0.29, 0.717) is 0 Å². The number of carbonyl (C=O) groups excluding carboxylic acids is 2. The van der Waals surface area contributed by atoms with Crippen LogP contribution in [0.25, 0.3) is 12.2 Å². The zero-order chi connectivity index (χ0) is 55.6. The van der Waals surface area contributed by atoms with Gasteiger partial charge in [0.1, 0.15) is 40.5 Å². The number of nitrogens with one attached hydrogen (secondary N) is 4. The summed E-state index contributed by atoms with van der Waals surface area (Å²) in [5.41, 5.74) is 10.2. The van der Waals surface area contributed by atoms with Crippen molar-refractivity contribution in [1.82, 2.24) is 29.9 Å². The second-order valence-electron chi connectivity index (χ2n) is 15.6. The normalized spacial score (nSPS) is 11.4. The number of rotatable bonds is 26. The van der Waals surface area contributed by atoms with Crippen LogP contribution >= 0.6 is 0 Å². The van der Waals surface area contributed by atoms with Gasteiger partial charge in [-0.1, -0.05) is 24.3 Å². The van der Waals surface area contributed by atoms with Crippen LogP contribution in [0.4, 0.5) is 58.4 Å². The molecule has 0 fully saturated rings. The molecule has 2 amide bonds. The Morgan fingerprint density at radius 1 is 0.450 bits per heavy atom. The molecule has 404 valence electrons. The maximum Gasteiger partial charge on any atom is 1.00 e. The average Bonchev–Trinajstić information content (AvgIpc) is 3.33. The Bertz CT molecular complexity index is 3400. The van der Waals surface area contributed by atoms with E-state index < -0.39 is 85.1 Å². The molecule has 6 rings (SSSR count). The monoisotopic (exact) mass is 1220 g/mol. The standard InChI is InChI=1S/C42H46N14O16S4.4Na/c43-35(59)15-17-55(19-21-57)41-51-37(45-27-7-11-31(12-8-27)73(61,62)63)49-39(53-41)47-29-5-3-25(33(23-29)75(67,68)69)1-2-26-4-6-30(24-34(26)76(70,71)72)48-40-50-38(46-28-9-13-32(14-10-28)74(64,65)66)52-42(54-40)56(20-22-58)18-16-36(44)60;;;;/h1-14,23-24,57-58H,15-22H2,(H2,43,59)(H2,44,60)(H,61,62,63)(H,64,65,66)(H,67,68,69)(H,70,71,72)(H2,45,47,49,51,53)(H2,46,48,50,52,54);;;;/q;4*+1/p-4/b2-1+;;;;. The van der Waals surface area contributed by atoms with E-state index >= 15 is 0 Å². The van der Waals surface area contributed by atoms with Gasteiger partial charge in [-0.3, -0.25) is 9.59 Å². The van der Waals surface area contributed by atoms with Crippen molar-refractivity contribution < 1.29 is 190 Å². The van der Waals surface area contributed by atoms with Crippen LogP contribution < -0.4 is 161 Å². The van der Waals surface area contributed by atoms with Crippen LogP contribution in [-0.2, 0) is 50.1 Å². The number of nitrogens with zero attached hydrogens (tertiary/aromatic N) is 8. The van der Waals surface area contributed by atoms with Crippen molar-refractivity contribution in [3.05, 3.63) is 96.1 Å². The number of hydrogen-bond acceptors (Lipinski definition) is 28. The smallest absolute Gasteiger partial charge is 0.744 e. The van der Waals surface area contributed by atoms with Crippen LogP contribution in [-0.4, -0.2) is 143 Å². The zero-order valence-corrected chi connectivity index (χ0v) is 54.1. The van der Waals surface area contributed by atoms with Gasteiger partial charge in [-0.15, -0.1) is 0 Å². The van der Waals surface area contributed by atoms with Crippen molar-refractivity contribution in [1.29, 1.82) is 0 Å². The fourth-order valence-electron chi connectivity index (χ4n) is 6.63. The molecule has 0 aliphatic carbocycles. The van der Waals surface area contributed by atoms with Crippen molar-refractivity contribution in [2.75, 3.05) is 70.5 Å². The van der Waals surface area contributed by atoms with Gasteiger partial charge in [0.05, 0.1) is 32.8 Å². The van der Waals surface area contributed by atoms with Gasteiger partial charge in [-0.2, -0.15) is 29.9 Å². The van der Waals surface area contributed by atoms with E-state index in [2.05, 4.69) is 51.2 Å². The van der Waals surface area contributed by atoms with Crippen molar-refractivity contribution in [2.45, 2.75) is 32.4 Å². The minimum absolute atomic E-state index is 0. The average molecular weight is 1220 g/mol. The topological polar surface area (TPSA) is 487 Å². The minimum Gasteiger partial charge on any atom is -0.744 e. The van der Waals surface area contributed by atoms with Gasteiger partial charge in [-0.05, 0) is 83.9 Å². The Morgan fingerprint density at radius 3 is 1.00 bits per heavy atom. The first-order chi connectivity index (χ1) is 35.7. The van der Waals surface area contributed by atoms with E-state index in [0.717, 1.165) is 60.7 Å². The molecule has 0 spiro atoms. The molecule has 0 bridgehead atoms. The number of hydrogen-bond donors (Lipinski definition) is 8. The quantitative estimate of drug-likeness (QED) is 0.0142. The third-order valence-electron chi connectivity index (χ3n) is 10.1. The predicted octanol–water partition coefficient (Wildman–Crippen LogP) is -11.8. The van der Waals surface area contributed by atoms with Gasteiger partial charge in [0.25, 0.3) is 0 Å². The molecule has 0 unspecified atom stereocenters. The van der Waals surface area contributed by atoms with Crippen LogP contribution in [0.3, 0.4) is 0 Å². The number of aliphatic hydroxyl groups excluding tert-OH is 2. The fourth-order valence-corrected chi connectivity index (χ4v) is 8.96. The van der Waals surface area contributed by atoms with E-state index in [4.69, 9.17) is 11.5 Å². The van der Waals surface area contributed by atoms with Crippen LogP contribution in [0, 0.1) is 0 Å². The number of benzene rings is 4. The van der Waals surface area contributed by atoms with Gasteiger partial charge < -0.3 is 71.0 Å². The van der Waals surface area contributed by atoms with E-state index in [1.807, 2.05) is 0 Å². The molecule has 80 heavy (non-hydrogen) atoms. The first-order valence-electron chi connectivity index (χ1n) is 21.6. The molecule has 38 heteroatoms. The fraction of sp³-hybridized carbons (Fsp3) is 0.190. The summed E-state index contributed by atoms with van der Waals surface area (Å²) >= 11 is 0. The molecule has 0 saturated heterocycles. The van der Waals surface area contributed by atoms with Crippen LogP contribution in [0.1, 0.15) is 24.0 Å². The summed E-state index contributed by atoms with van der Waals surface area (Å²) in [7, 11) is -20.2. The maximum absolute atomic E-state index is 12.7. The summed E-state index contributed by atoms with van der Waals surface area (Å²) < 4.78 is 145. The molecule has 0 aliphatic heterocycles. The first-order valence-corrected chi connectivity index (χ1v) is 27.2. The summed E-state index contributed by atoms with van der Waals surface area (Å²) in [6, 6.07) is 15.6. The van der Waals surface area contributed by atoms with Crippen molar-refractivity contribution >= 4 is 123 Å². The number of primary amides is 2. The zero-order valence-electron chi connectivity index (χ0n) is 42.9. The Morgan fingerprint density at radius 2 is 0.738 bits per heavy atom. The Balaban J connectivity index is 0.00000547. The molecular formula is C42H42N14Na4O16S4. The molecule has 2 heterocycles. The third-order valence-corrected chi connectivity index (χ3v) is 13.6. The van der Waals surface area contributed by atoms with Gasteiger partial charge >= 0.3 is 118 Å². The number of aromatic nitrogens is 6. The first kappa shape index (κ1) is 72.0. The summed E-state index contributed by atoms with van der Waals surface area (Å²) in [6.45, 7) is -1.30. The van der Waals surface area contributed by atoms with Gasteiger partial charge in [0.2, 0.25) is 47.5 Å². The number of nitrogens with two attached hydrogens (primary N) is 2. The summed E-state index contributed by atoms with van der Waals surface area (Å²) in [5, 5.41) is 30.6.